The van der Waals surface area contributed by atoms with Crippen molar-refractivity contribution in [3.05, 3.63) is 101 Å². The first-order valence-electron chi connectivity index (χ1n) is 10.2. The summed E-state index contributed by atoms with van der Waals surface area (Å²) >= 11 is 0. The Bertz CT molecular complexity index is 1200. The second kappa shape index (κ2) is 8.67. The molecule has 1 N–H and O–H groups in total. The monoisotopic (exact) mass is 431 g/mol. The second-order valence-corrected chi connectivity index (χ2v) is 7.47. The number of benzene rings is 3. The van der Waals surface area contributed by atoms with Gasteiger partial charge in [-0.15, -0.1) is 0 Å². The van der Waals surface area contributed by atoms with Crippen LogP contribution in [0.3, 0.4) is 0 Å². The molecular formula is C26H22FNO4. The summed E-state index contributed by atoms with van der Waals surface area (Å²) in [6.07, 6.45) is 0.830. The summed E-state index contributed by atoms with van der Waals surface area (Å²) in [5.41, 5.74) is 2.27. The maximum Gasteiger partial charge on any atom is 0.300 e. The predicted molar refractivity (Wildman–Crippen MR) is 120 cm³/mol. The molecule has 1 aliphatic rings. The molecule has 3 aromatic carbocycles. The van der Waals surface area contributed by atoms with Gasteiger partial charge in [0.25, 0.3) is 11.7 Å². The van der Waals surface area contributed by atoms with E-state index < -0.39 is 23.5 Å². The van der Waals surface area contributed by atoms with Crippen molar-refractivity contribution in [2.75, 3.05) is 12.0 Å². The van der Waals surface area contributed by atoms with Gasteiger partial charge >= 0.3 is 0 Å². The Kier molecular flexibility index (Phi) is 5.77. The summed E-state index contributed by atoms with van der Waals surface area (Å²) in [5, 5.41) is 11.1. The number of carbonyl (C=O) groups excluding carboxylic acids is 2. The van der Waals surface area contributed by atoms with E-state index in [0.29, 0.717) is 16.9 Å². The lowest BCUT2D eigenvalue weighted by molar-refractivity contribution is -0.132. The van der Waals surface area contributed by atoms with Crippen LogP contribution in [0, 0.1) is 5.82 Å². The van der Waals surface area contributed by atoms with Crippen LogP contribution in [0.4, 0.5) is 10.1 Å². The van der Waals surface area contributed by atoms with E-state index in [0.717, 1.165) is 12.0 Å². The van der Waals surface area contributed by atoms with Gasteiger partial charge < -0.3 is 9.84 Å². The van der Waals surface area contributed by atoms with Crippen LogP contribution >= 0.6 is 0 Å². The predicted octanol–water partition coefficient (Wildman–Crippen LogP) is 5.02. The van der Waals surface area contributed by atoms with E-state index in [1.807, 2.05) is 19.1 Å². The van der Waals surface area contributed by atoms with Crippen molar-refractivity contribution in [2.24, 2.45) is 0 Å². The van der Waals surface area contributed by atoms with Crippen LogP contribution in [0.25, 0.3) is 5.76 Å². The van der Waals surface area contributed by atoms with Gasteiger partial charge in [-0.25, -0.2) is 4.39 Å². The number of ketones is 1. The van der Waals surface area contributed by atoms with Crippen LogP contribution in [0.5, 0.6) is 5.75 Å². The molecule has 3 aromatic rings. The van der Waals surface area contributed by atoms with Gasteiger partial charge in [0, 0.05) is 11.3 Å². The summed E-state index contributed by atoms with van der Waals surface area (Å²) in [5.74, 6) is -1.86. The second-order valence-electron chi connectivity index (χ2n) is 7.47. The first-order chi connectivity index (χ1) is 15.4. The highest BCUT2D eigenvalue weighted by Crippen LogP contribution is 2.42. The zero-order chi connectivity index (χ0) is 22.8. The molecule has 0 aromatic heterocycles. The molecule has 0 saturated carbocycles. The van der Waals surface area contributed by atoms with Gasteiger partial charge in [0.1, 0.15) is 17.3 Å². The quantitative estimate of drug-likeness (QED) is 0.350. The molecule has 32 heavy (non-hydrogen) atoms. The van der Waals surface area contributed by atoms with Crippen molar-refractivity contribution in [2.45, 2.75) is 19.4 Å². The molecule has 6 heteroatoms. The molecule has 1 aliphatic heterocycles. The van der Waals surface area contributed by atoms with Crippen LogP contribution in [-0.4, -0.2) is 23.9 Å². The minimum Gasteiger partial charge on any atom is -0.507 e. The van der Waals surface area contributed by atoms with Gasteiger partial charge in [-0.3, -0.25) is 14.5 Å². The number of methoxy groups -OCH3 is 1. The van der Waals surface area contributed by atoms with E-state index in [4.69, 9.17) is 4.74 Å². The zero-order valence-corrected chi connectivity index (χ0v) is 17.7. The molecule has 1 unspecified atom stereocenters. The third kappa shape index (κ3) is 3.75. The molecule has 0 bridgehead atoms. The molecular weight excluding hydrogens is 409 g/mol. The molecule has 1 saturated heterocycles. The van der Waals surface area contributed by atoms with Crippen molar-refractivity contribution >= 4 is 23.1 Å². The number of Topliss-reactive ketones (excluding diaryl/α,β-unsaturated/α-hetero) is 1. The third-order valence-corrected chi connectivity index (χ3v) is 5.60. The van der Waals surface area contributed by atoms with Gasteiger partial charge in [-0.1, -0.05) is 49.4 Å². The summed E-state index contributed by atoms with van der Waals surface area (Å²) in [7, 11) is 1.54. The normalized spacial score (nSPS) is 17.6. The van der Waals surface area contributed by atoms with E-state index in [9.17, 15) is 19.1 Å². The smallest absolute Gasteiger partial charge is 0.300 e. The highest BCUT2D eigenvalue weighted by atomic mass is 19.1. The summed E-state index contributed by atoms with van der Waals surface area (Å²) in [4.78, 5) is 27.4. The highest BCUT2D eigenvalue weighted by molar-refractivity contribution is 6.51. The van der Waals surface area contributed by atoms with E-state index in [2.05, 4.69) is 0 Å². The Hall–Kier alpha value is -3.93. The fourth-order valence-corrected chi connectivity index (χ4v) is 3.88. The number of hydrogen-bond donors (Lipinski definition) is 1. The van der Waals surface area contributed by atoms with Crippen molar-refractivity contribution < 1.29 is 23.8 Å². The van der Waals surface area contributed by atoms with Gasteiger partial charge in [0.2, 0.25) is 0 Å². The first kappa shape index (κ1) is 21.3. The standard InChI is InChI=1S/C26H22FNO4/c1-3-16-7-9-18(10-8-16)24(29)22-23(17-11-13-21(32-2)14-12-17)28(26(31)25(22)30)20-6-4-5-19(27)15-20/h4-15,23,29H,3H2,1-2H3/b24-22+. The number of nitrogens with zero attached hydrogens (tertiary/aromatic N) is 1. The number of aryl methyl sites for hydroxylation is 1. The lowest BCUT2D eigenvalue weighted by Crippen LogP contribution is -2.29. The molecule has 4 rings (SSSR count). The van der Waals surface area contributed by atoms with Gasteiger partial charge in [-0.05, 0) is 47.9 Å². The molecule has 1 amide bonds. The number of aliphatic hydroxyl groups excluding tert-OH is 1. The van der Waals surface area contributed by atoms with Crippen LogP contribution in [0.1, 0.15) is 29.7 Å². The SMILES string of the molecule is CCc1ccc(/C(O)=C2\C(=O)C(=O)N(c3cccc(F)c3)C2c2ccc(OC)cc2)cc1. The van der Waals surface area contributed by atoms with Gasteiger partial charge in [-0.2, -0.15) is 0 Å². The van der Waals surface area contributed by atoms with Crippen LogP contribution in [0.15, 0.2) is 78.4 Å². The maximum absolute atomic E-state index is 14.0. The van der Waals surface area contributed by atoms with E-state index >= 15 is 0 Å². The Balaban J connectivity index is 1.91. The van der Waals surface area contributed by atoms with Crippen LogP contribution < -0.4 is 9.64 Å². The Labute approximate surface area is 185 Å². The van der Waals surface area contributed by atoms with Crippen molar-refractivity contribution in [3.8, 4) is 5.75 Å². The van der Waals surface area contributed by atoms with Gasteiger partial charge in [0.05, 0.1) is 18.7 Å². The number of rotatable bonds is 5. The Morgan fingerprint density at radius 1 is 1.03 bits per heavy atom. The minimum atomic E-state index is -0.923. The molecule has 0 aliphatic carbocycles. The molecule has 1 fully saturated rings. The highest BCUT2D eigenvalue weighted by Gasteiger charge is 2.47. The Morgan fingerprint density at radius 3 is 2.31 bits per heavy atom. The number of aliphatic hydroxyl groups is 1. The number of hydrogen-bond acceptors (Lipinski definition) is 4. The number of anilines is 1. The molecule has 0 spiro atoms. The maximum atomic E-state index is 14.0. The van der Waals surface area contributed by atoms with E-state index in [-0.39, 0.29) is 17.0 Å². The van der Waals surface area contributed by atoms with Crippen molar-refractivity contribution in [3.63, 3.8) is 0 Å². The fraction of sp³-hybridized carbons (Fsp3) is 0.154. The van der Waals surface area contributed by atoms with Gasteiger partial charge in [0.15, 0.2) is 0 Å². The average Bonchev–Trinajstić information content (AvgIpc) is 3.09. The average molecular weight is 431 g/mol. The van der Waals surface area contributed by atoms with E-state index in [1.165, 1.54) is 30.2 Å². The summed E-state index contributed by atoms with van der Waals surface area (Å²) < 4.78 is 19.2. The number of halogens is 1. The lowest BCUT2D eigenvalue weighted by Gasteiger charge is -2.25. The number of carbonyl (C=O) groups is 2. The molecule has 5 nitrogen and oxygen atoms in total. The topological polar surface area (TPSA) is 66.8 Å². The molecule has 162 valence electrons. The zero-order valence-electron chi connectivity index (χ0n) is 17.7. The molecule has 0 radical (unpaired) electrons. The van der Waals surface area contributed by atoms with Crippen molar-refractivity contribution in [1.82, 2.24) is 0 Å². The summed E-state index contributed by atoms with van der Waals surface area (Å²) in [6, 6.07) is 18.6. The fourth-order valence-electron chi connectivity index (χ4n) is 3.88. The lowest BCUT2D eigenvalue weighted by atomic mass is 9.94. The first-order valence-corrected chi connectivity index (χ1v) is 10.2. The van der Waals surface area contributed by atoms with Crippen LogP contribution in [0.2, 0.25) is 0 Å². The van der Waals surface area contributed by atoms with E-state index in [1.54, 1.807) is 42.5 Å². The minimum absolute atomic E-state index is 0.0475. The number of amides is 1. The molecule has 1 heterocycles. The van der Waals surface area contributed by atoms with Crippen molar-refractivity contribution in [1.29, 1.82) is 0 Å². The third-order valence-electron chi connectivity index (χ3n) is 5.60. The number of ether oxygens (including phenoxy) is 1. The summed E-state index contributed by atoms with van der Waals surface area (Å²) in [6.45, 7) is 2.02. The van der Waals surface area contributed by atoms with Crippen LogP contribution in [-0.2, 0) is 16.0 Å². The molecule has 1 atom stereocenters. The Morgan fingerprint density at radius 2 is 1.72 bits per heavy atom. The largest absolute Gasteiger partial charge is 0.507 e.